The Hall–Kier alpha value is -1.20. The predicted octanol–water partition coefficient (Wildman–Crippen LogP) is 0.919. The van der Waals surface area contributed by atoms with Crippen LogP contribution in [0.5, 0.6) is 0 Å². The lowest BCUT2D eigenvalue weighted by Gasteiger charge is -2.28. The molecule has 1 unspecified atom stereocenters. The summed E-state index contributed by atoms with van der Waals surface area (Å²) in [6, 6.07) is 9.29. The van der Waals surface area contributed by atoms with Gasteiger partial charge in [-0.05, 0) is 5.56 Å². The molecule has 5 heteroatoms. The molecule has 0 aliphatic carbocycles. The largest absolute Gasteiger partial charge is 0.481 e. The van der Waals surface area contributed by atoms with Gasteiger partial charge in [0.2, 0.25) is 0 Å². The first-order chi connectivity index (χ1) is 8.66. The molecule has 1 aliphatic rings. The Morgan fingerprint density at radius 1 is 1.28 bits per heavy atom. The fourth-order valence-corrected chi connectivity index (χ4v) is 3.26. The van der Waals surface area contributed by atoms with Gasteiger partial charge in [-0.3, -0.25) is 9.00 Å². The van der Waals surface area contributed by atoms with E-state index >= 15 is 0 Å². The predicted molar refractivity (Wildman–Crippen MR) is 71.1 cm³/mol. The summed E-state index contributed by atoms with van der Waals surface area (Å²) in [6.07, 6.45) is 0. The highest BCUT2D eigenvalue weighted by Gasteiger charge is 2.24. The van der Waals surface area contributed by atoms with Crippen LogP contribution < -0.4 is 0 Å². The summed E-state index contributed by atoms with van der Waals surface area (Å²) in [7, 11) is -0.720. The summed E-state index contributed by atoms with van der Waals surface area (Å²) in [5, 5.41) is 9.32. The second-order valence-electron chi connectivity index (χ2n) is 4.45. The van der Waals surface area contributed by atoms with Crippen LogP contribution in [0.15, 0.2) is 30.3 Å². The third-order valence-electron chi connectivity index (χ3n) is 3.21. The lowest BCUT2D eigenvalue weighted by atomic mass is 9.99. The van der Waals surface area contributed by atoms with Crippen molar-refractivity contribution in [2.45, 2.75) is 5.92 Å². The molecule has 0 spiro atoms. The molecule has 18 heavy (non-hydrogen) atoms. The molecule has 1 N–H and O–H groups in total. The maximum atomic E-state index is 11.4. The molecule has 1 heterocycles. The van der Waals surface area contributed by atoms with Crippen LogP contribution in [0.1, 0.15) is 11.5 Å². The highest BCUT2D eigenvalue weighted by Crippen LogP contribution is 2.18. The summed E-state index contributed by atoms with van der Waals surface area (Å²) < 4.78 is 11.3. The van der Waals surface area contributed by atoms with Gasteiger partial charge in [-0.1, -0.05) is 30.3 Å². The van der Waals surface area contributed by atoms with Crippen molar-refractivity contribution in [1.82, 2.24) is 4.90 Å². The maximum Gasteiger partial charge on any atom is 0.312 e. The number of carbonyl (C=O) groups is 1. The number of hydrogen-bond acceptors (Lipinski definition) is 3. The van der Waals surface area contributed by atoms with Crippen molar-refractivity contribution in [3.8, 4) is 0 Å². The summed E-state index contributed by atoms with van der Waals surface area (Å²) >= 11 is 0. The minimum atomic E-state index is -0.798. The van der Waals surface area contributed by atoms with E-state index in [4.69, 9.17) is 0 Å². The topological polar surface area (TPSA) is 57.6 Å². The van der Waals surface area contributed by atoms with Gasteiger partial charge in [0.05, 0.1) is 5.92 Å². The Morgan fingerprint density at radius 2 is 1.89 bits per heavy atom. The second kappa shape index (κ2) is 6.11. The van der Waals surface area contributed by atoms with E-state index in [1.54, 1.807) is 0 Å². The molecule has 4 nitrogen and oxygen atoms in total. The molecule has 2 rings (SSSR count). The number of rotatable bonds is 4. The van der Waals surface area contributed by atoms with Gasteiger partial charge < -0.3 is 10.0 Å². The quantitative estimate of drug-likeness (QED) is 0.881. The normalized spacial score (nSPS) is 19.6. The monoisotopic (exact) mass is 267 g/mol. The molecule has 0 saturated carbocycles. The number of benzene rings is 1. The number of hydrogen-bond donors (Lipinski definition) is 1. The fourth-order valence-electron chi connectivity index (χ4n) is 2.13. The Bertz CT molecular complexity index is 425. The molecule has 0 radical (unpaired) electrons. The van der Waals surface area contributed by atoms with Crippen molar-refractivity contribution in [2.24, 2.45) is 0 Å². The molecule has 0 amide bonds. The minimum absolute atomic E-state index is 0.497. The Morgan fingerprint density at radius 3 is 2.44 bits per heavy atom. The molecule has 1 aromatic carbocycles. The molecular formula is C13H17NO3S. The van der Waals surface area contributed by atoms with Gasteiger partial charge in [-0.2, -0.15) is 0 Å². The zero-order valence-corrected chi connectivity index (χ0v) is 10.9. The van der Waals surface area contributed by atoms with Crippen molar-refractivity contribution >= 4 is 16.8 Å². The van der Waals surface area contributed by atoms with Crippen molar-refractivity contribution < 1.29 is 14.1 Å². The number of carboxylic acids is 1. The molecule has 1 saturated heterocycles. The highest BCUT2D eigenvalue weighted by atomic mass is 32.2. The summed E-state index contributed by atoms with van der Waals surface area (Å²) in [5.41, 5.74) is 0.830. The number of carboxylic acid groups (broad SMARTS) is 1. The van der Waals surface area contributed by atoms with Gasteiger partial charge in [0.1, 0.15) is 0 Å². The highest BCUT2D eigenvalue weighted by molar-refractivity contribution is 7.85. The van der Waals surface area contributed by atoms with Crippen LogP contribution in [-0.2, 0) is 15.6 Å². The maximum absolute atomic E-state index is 11.4. The van der Waals surface area contributed by atoms with Gasteiger partial charge in [-0.15, -0.1) is 0 Å². The zero-order chi connectivity index (χ0) is 13.0. The van der Waals surface area contributed by atoms with Crippen molar-refractivity contribution in [3.63, 3.8) is 0 Å². The number of nitrogens with zero attached hydrogens (tertiary/aromatic N) is 1. The van der Waals surface area contributed by atoms with E-state index in [1.807, 2.05) is 30.3 Å². The molecule has 0 bridgehead atoms. The van der Waals surface area contributed by atoms with Crippen LogP contribution in [0.4, 0.5) is 0 Å². The van der Waals surface area contributed by atoms with Crippen LogP contribution >= 0.6 is 0 Å². The molecular weight excluding hydrogens is 250 g/mol. The first kappa shape index (κ1) is 13.2. The van der Waals surface area contributed by atoms with Gasteiger partial charge in [0.25, 0.3) is 0 Å². The van der Waals surface area contributed by atoms with Crippen LogP contribution in [0.3, 0.4) is 0 Å². The van der Waals surface area contributed by atoms with Gasteiger partial charge in [0, 0.05) is 41.9 Å². The smallest absolute Gasteiger partial charge is 0.312 e. The van der Waals surface area contributed by atoms with E-state index < -0.39 is 22.7 Å². The van der Waals surface area contributed by atoms with Crippen LogP contribution in [-0.4, -0.2) is 51.3 Å². The Balaban J connectivity index is 2.03. The van der Waals surface area contributed by atoms with Crippen LogP contribution in [0.2, 0.25) is 0 Å². The Labute approximate surface area is 109 Å². The van der Waals surface area contributed by atoms with Gasteiger partial charge in [0.15, 0.2) is 0 Å². The van der Waals surface area contributed by atoms with Crippen molar-refractivity contribution in [1.29, 1.82) is 0 Å². The third-order valence-corrected chi connectivity index (χ3v) is 4.49. The average Bonchev–Trinajstić information content (AvgIpc) is 2.38. The average molecular weight is 267 g/mol. The minimum Gasteiger partial charge on any atom is -0.481 e. The number of aliphatic carboxylic acids is 1. The van der Waals surface area contributed by atoms with Gasteiger partial charge in [-0.25, -0.2) is 0 Å². The zero-order valence-electron chi connectivity index (χ0n) is 10.1. The molecule has 1 aromatic rings. The molecule has 0 aromatic heterocycles. The van der Waals surface area contributed by atoms with Crippen molar-refractivity contribution in [2.75, 3.05) is 31.1 Å². The van der Waals surface area contributed by atoms with E-state index in [2.05, 4.69) is 4.90 Å². The first-order valence-electron chi connectivity index (χ1n) is 6.02. The Kier molecular flexibility index (Phi) is 4.49. The fraction of sp³-hybridized carbons (Fsp3) is 0.462. The summed E-state index contributed by atoms with van der Waals surface area (Å²) in [6.45, 7) is 1.95. The second-order valence-corrected chi connectivity index (χ2v) is 6.15. The van der Waals surface area contributed by atoms with Crippen molar-refractivity contribution in [3.05, 3.63) is 35.9 Å². The lowest BCUT2D eigenvalue weighted by molar-refractivity contribution is -0.139. The lowest BCUT2D eigenvalue weighted by Crippen LogP contribution is -2.41. The first-order valence-corrected chi connectivity index (χ1v) is 7.50. The molecule has 98 valence electrons. The van der Waals surface area contributed by atoms with E-state index in [0.717, 1.165) is 18.7 Å². The van der Waals surface area contributed by atoms with Gasteiger partial charge >= 0.3 is 5.97 Å². The molecule has 1 aliphatic heterocycles. The van der Waals surface area contributed by atoms with E-state index in [-0.39, 0.29) is 0 Å². The third kappa shape index (κ3) is 3.40. The SMILES string of the molecule is O=C(O)C(CN1CCS(=O)CC1)c1ccccc1. The summed E-state index contributed by atoms with van der Waals surface area (Å²) in [5.74, 6) is 0.00745. The van der Waals surface area contributed by atoms with Crippen LogP contribution in [0.25, 0.3) is 0 Å². The standard InChI is InChI=1S/C13H17NO3S/c15-13(16)12(11-4-2-1-3-5-11)10-14-6-8-18(17)9-7-14/h1-5,12H,6-10H2,(H,15,16). The molecule has 1 fully saturated rings. The van der Waals surface area contributed by atoms with E-state index in [0.29, 0.717) is 18.1 Å². The van der Waals surface area contributed by atoms with E-state index in [9.17, 15) is 14.1 Å². The summed E-state index contributed by atoms with van der Waals surface area (Å²) in [4.78, 5) is 13.4. The van der Waals surface area contributed by atoms with Crippen LogP contribution in [0, 0.1) is 0 Å². The molecule has 1 atom stereocenters. The van der Waals surface area contributed by atoms with E-state index in [1.165, 1.54) is 0 Å².